The minimum absolute atomic E-state index is 0.0213. The van der Waals surface area contributed by atoms with Gasteiger partial charge in [-0.3, -0.25) is 4.79 Å². The molecule has 20 heavy (non-hydrogen) atoms. The highest BCUT2D eigenvalue weighted by atomic mass is 16.1. The van der Waals surface area contributed by atoms with Crippen LogP contribution >= 0.6 is 0 Å². The first-order valence-electron chi connectivity index (χ1n) is 6.81. The molecule has 0 amide bonds. The summed E-state index contributed by atoms with van der Waals surface area (Å²) in [5, 5.41) is 0. The maximum Gasteiger partial charge on any atom is 0.195 e. The molecular formula is C18H21NO. The molecule has 0 aromatic heterocycles. The Morgan fingerprint density at radius 1 is 0.900 bits per heavy atom. The van der Waals surface area contributed by atoms with E-state index >= 15 is 0 Å². The fraction of sp³-hybridized carbons (Fsp3) is 0.278. The first kappa shape index (κ1) is 14.3. The first-order chi connectivity index (χ1) is 9.34. The fourth-order valence-corrected chi connectivity index (χ4v) is 2.57. The Hall–Kier alpha value is -2.09. The summed E-state index contributed by atoms with van der Waals surface area (Å²) in [5.74, 6) is 0.0213. The number of nitrogen functional groups attached to an aromatic ring is 1. The Balaban J connectivity index is 2.69. The lowest BCUT2D eigenvalue weighted by Gasteiger charge is -2.15. The number of para-hydroxylation sites is 1. The van der Waals surface area contributed by atoms with Gasteiger partial charge in [-0.25, -0.2) is 0 Å². The summed E-state index contributed by atoms with van der Waals surface area (Å²) in [6.07, 6.45) is 0. The van der Waals surface area contributed by atoms with Gasteiger partial charge in [0.05, 0.1) is 0 Å². The van der Waals surface area contributed by atoms with Gasteiger partial charge in [0, 0.05) is 16.8 Å². The van der Waals surface area contributed by atoms with Crippen LogP contribution in [0.4, 0.5) is 5.69 Å². The summed E-state index contributed by atoms with van der Waals surface area (Å²) in [6.45, 7) is 10.0. The van der Waals surface area contributed by atoms with Crippen molar-refractivity contribution < 1.29 is 4.79 Å². The zero-order valence-electron chi connectivity index (χ0n) is 12.8. The Kier molecular flexibility index (Phi) is 3.67. The van der Waals surface area contributed by atoms with Crippen LogP contribution in [0.1, 0.15) is 43.7 Å². The predicted molar refractivity (Wildman–Crippen MR) is 84.4 cm³/mol. The molecule has 0 aliphatic heterocycles. The highest BCUT2D eigenvalue weighted by Crippen LogP contribution is 2.27. The average molecular weight is 267 g/mol. The first-order valence-corrected chi connectivity index (χ1v) is 6.81. The van der Waals surface area contributed by atoms with E-state index in [0.717, 1.165) is 33.4 Å². The van der Waals surface area contributed by atoms with E-state index < -0.39 is 0 Å². The van der Waals surface area contributed by atoms with Crippen molar-refractivity contribution in [2.45, 2.75) is 34.6 Å². The summed E-state index contributed by atoms with van der Waals surface area (Å²) in [4.78, 5) is 12.9. The van der Waals surface area contributed by atoms with E-state index in [-0.39, 0.29) is 5.78 Å². The molecule has 0 unspecified atom stereocenters. The molecule has 2 aromatic rings. The molecule has 2 heteroatoms. The molecule has 0 saturated heterocycles. The van der Waals surface area contributed by atoms with Crippen LogP contribution in [0.3, 0.4) is 0 Å². The summed E-state index contributed by atoms with van der Waals surface area (Å²) in [7, 11) is 0. The molecule has 2 N–H and O–H groups in total. The molecule has 2 aromatic carbocycles. The molecule has 0 saturated carbocycles. The molecule has 0 spiro atoms. The number of hydrogen-bond donors (Lipinski definition) is 1. The van der Waals surface area contributed by atoms with Gasteiger partial charge in [-0.05, 0) is 68.5 Å². The van der Waals surface area contributed by atoms with Gasteiger partial charge in [0.2, 0.25) is 0 Å². The molecule has 0 atom stereocenters. The zero-order chi connectivity index (χ0) is 15.0. The molecule has 2 rings (SSSR count). The van der Waals surface area contributed by atoms with Crippen molar-refractivity contribution in [2.24, 2.45) is 0 Å². The number of ketones is 1. The number of nitrogens with two attached hydrogens (primary N) is 1. The third-order valence-corrected chi connectivity index (χ3v) is 4.16. The highest BCUT2D eigenvalue weighted by molar-refractivity contribution is 6.14. The van der Waals surface area contributed by atoms with Crippen LogP contribution in [0, 0.1) is 34.6 Å². The van der Waals surface area contributed by atoms with Crippen LogP contribution < -0.4 is 5.73 Å². The second-order valence-corrected chi connectivity index (χ2v) is 5.50. The molecule has 0 aliphatic carbocycles. The van der Waals surface area contributed by atoms with Crippen LogP contribution in [-0.4, -0.2) is 5.78 Å². The van der Waals surface area contributed by atoms with Gasteiger partial charge in [-0.2, -0.15) is 0 Å². The molecule has 0 bridgehead atoms. The molecule has 0 heterocycles. The maximum atomic E-state index is 12.9. The van der Waals surface area contributed by atoms with Crippen molar-refractivity contribution in [1.82, 2.24) is 0 Å². The number of carbonyl (C=O) groups excluding carboxylic acids is 1. The number of benzene rings is 2. The largest absolute Gasteiger partial charge is 0.398 e. The molecule has 2 nitrogen and oxygen atoms in total. The van der Waals surface area contributed by atoms with Gasteiger partial charge in [0.1, 0.15) is 0 Å². The number of aryl methyl sites for hydroxylation is 3. The van der Waals surface area contributed by atoms with E-state index in [0.29, 0.717) is 11.3 Å². The SMILES string of the molecule is Cc1cc(C)c(C)c(C(=O)c2cccc(C)c2N)c1C. The monoisotopic (exact) mass is 267 g/mol. The second-order valence-electron chi connectivity index (χ2n) is 5.50. The van der Waals surface area contributed by atoms with Crippen molar-refractivity contribution in [2.75, 3.05) is 5.73 Å². The summed E-state index contributed by atoms with van der Waals surface area (Å²) < 4.78 is 0. The summed E-state index contributed by atoms with van der Waals surface area (Å²) in [6, 6.07) is 7.74. The van der Waals surface area contributed by atoms with Crippen LogP contribution in [0.5, 0.6) is 0 Å². The van der Waals surface area contributed by atoms with Crippen LogP contribution in [0.15, 0.2) is 24.3 Å². The molecular weight excluding hydrogens is 246 g/mol. The maximum absolute atomic E-state index is 12.9. The Morgan fingerprint density at radius 3 is 2.00 bits per heavy atom. The van der Waals surface area contributed by atoms with Crippen LogP contribution in [0.2, 0.25) is 0 Å². The predicted octanol–water partition coefficient (Wildman–Crippen LogP) is 4.04. The number of anilines is 1. The average Bonchev–Trinajstić information content (AvgIpc) is 2.40. The third-order valence-electron chi connectivity index (χ3n) is 4.16. The van der Waals surface area contributed by atoms with E-state index in [1.807, 2.05) is 46.8 Å². The van der Waals surface area contributed by atoms with Gasteiger partial charge in [-0.1, -0.05) is 18.2 Å². The Morgan fingerprint density at radius 2 is 1.45 bits per heavy atom. The lowest BCUT2D eigenvalue weighted by Crippen LogP contribution is -2.11. The van der Waals surface area contributed by atoms with Gasteiger partial charge >= 0.3 is 0 Å². The van der Waals surface area contributed by atoms with E-state index in [4.69, 9.17) is 5.73 Å². The van der Waals surface area contributed by atoms with Crippen molar-refractivity contribution in [3.63, 3.8) is 0 Å². The van der Waals surface area contributed by atoms with Crippen LogP contribution in [-0.2, 0) is 0 Å². The van der Waals surface area contributed by atoms with E-state index in [1.165, 1.54) is 0 Å². The summed E-state index contributed by atoms with van der Waals surface area (Å²) in [5.41, 5.74) is 13.3. The quantitative estimate of drug-likeness (QED) is 0.659. The normalized spacial score (nSPS) is 10.7. The van der Waals surface area contributed by atoms with Gasteiger partial charge < -0.3 is 5.73 Å². The van der Waals surface area contributed by atoms with E-state index in [2.05, 4.69) is 6.07 Å². The molecule has 0 fully saturated rings. The second kappa shape index (κ2) is 5.12. The number of carbonyl (C=O) groups is 1. The topological polar surface area (TPSA) is 43.1 Å². The van der Waals surface area contributed by atoms with Crippen molar-refractivity contribution in [1.29, 1.82) is 0 Å². The van der Waals surface area contributed by atoms with Gasteiger partial charge in [0.15, 0.2) is 5.78 Å². The van der Waals surface area contributed by atoms with Gasteiger partial charge in [0.25, 0.3) is 0 Å². The highest BCUT2D eigenvalue weighted by Gasteiger charge is 2.19. The van der Waals surface area contributed by atoms with Crippen molar-refractivity contribution in [3.05, 3.63) is 63.2 Å². The number of hydrogen-bond acceptors (Lipinski definition) is 2. The minimum Gasteiger partial charge on any atom is -0.398 e. The number of rotatable bonds is 2. The molecule has 0 radical (unpaired) electrons. The van der Waals surface area contributed by atoms with Crippen molar-refractivity contribution in [3.8, 4) is 0 Å². The zero-order valence-corrected chi connectivity index (χ0v) is 12.8. The third kappa shape index (κ3) is 2.22. The lowest BCUT2D eigenvalue weighted by atomic mass is 9.88. The van der Waals surface area contributed by atoms with Gasteiger partial charge in [-0.15, -0.1) is 0 Å². The Bertz CT molecular complexity index is 673. The smallest absolute Gasteiger partial charge is 0.195 e. The standard InChI is InChI=1S/C18H21NO/c1-10-7-6-8-15(17(10)19)18(20)16-13(4)11(2)9-12(3)14(16)5/h6-9H,19H2,1-5H3. The Labute approximate surface area is 120 Å². The lowest BCUT2D eigenvalue weighted by molar-refractivity contribution is 0.103. The van der Waals surface area contributed by atoms with E-state index in [1.54, 1.807) is 6.07 Å². The minimum atomic E-state index is 0.0213. The van der Waals surface area contributed by atoms with Crippen LogP contribution in [0.25, 0.3) is 0 Å². The molecule has 0 aliphatic rings. The fourth-order valence-electron chi connectivity index (χ4n) is 2.57. The summed E-state index contributed by atoms with van der Waals surface area (Å²) >= 11 is 0. The van der Waals surface area contributed by atoms with E-state index in [9.17, 15) is 4.79 Å². The van der Waals surface area contributed by atoms with Crippen molar-refractivity contribution >= 4 is 11.5 Å². The molecule has 104 valence electrons.